The van der Waals surface area contributed by atoms with E-state index in [0.29, 0.717) is 12.5 Å². The Morgan fingerprint density at radius 1 is 1.14 bits per heavy atom. The van der Waals surface area contributed by atoms with Crippen molar-refractivity contribution in [2.24, 2.45) is 17.6 Å². The van der Waals surface area contributed by atoms with Crippen LogP contribution in [0.15, 0.2) is 24.3 Å². The van der Waals surface area contributed by atoms with E-state index in [9.17, 15) is 4.79 Å². The Labute approximate surface area is 127 Å². The molecule has 114 valence electrons. The van der Waals surface area contributed by atoms with Crippen molar-refractivity contribution >= 4 is 5.91 Å². The third-order valence-corrected chi connectivity index (χ3v) is 5.23. The highest BCUT2D eigenvalue weighted by molar-refractivity contribution is 5.79. The molecule has 21 heavy (non-hydrogen) atoms. The van der Waals surface area contributed by atoms with Gasteiger partial charge in [0.25, 0.3) is 0 Å². The summed E-state index contributed by atoms with van der Waals surface area (Å²) in [5.74, 6) is 0.724. The van der Waals surface area contributed by atoms with Gasteiger partial charge in [-0.2, -0.15) is 0 Å². The van der Waals surface area contributed by atoms with E-state index in [1.54, 1.807) is 0 Å². The van der Waals surface area contributed by atoms with Crippen molar-refractivity contribution in [3.63, 3.8) is 0 Å². The van der Waals surface area contributed by atoms with Crippen LogP contribution in [0.1, 0.15) is 55.7 Å². The molecular formula is C18H26N2O. The Hall–Kier alpha value is -1.35. The summed E-state index contributed by atoms with van der Waals surface area (Å²) in [6.45, 7) is 0.638. The molecule has 1 saturated carbocycles. The maximum absolute atomic E-state index is 12.7. The van der Waals surface area contributed by atoms with Gasteiger partial charge in [0.05, 0.1) is 6.04 Å². The van der Waals surface area contributed by atoms with Gasteiger partial charge in [-0.3, -0.25) is 4.79 Å². The lowest BCUT2D eigenvalue weighted by Gasteiger charge is -2.33. The lowest BCUT2D eigenvalue weighted by atomic mass is 9.78. The molecule has 1 aromatic rings. The Balaban J connectivity index is 1.70. The topological polar surface area (TPSA) is 55.1 Å². The van der Waals surface area contributed by atoms with Crippen molar-refractivity contribution in [3.05, 3.63) is 35.4 Å². The van der Waals surface area contributed by atoms with Crippen molar-refractivity contribution < 1.29 is 4.79 Å². The first kappa shape index (κ1) is 14.6. The molecule has 0 aromatic heterocycles. The van der Waals surface area contributed by atoms with Crippen LogP contribution in [0.4, 0.5) is 0 Å². The number of nitrogens with one attached hydrogen (secondary N) is 1. The Kier molecular flexibility index (Phi) is 4.59. The standard InChI is InChI=1S/C18H26N2O/c19-12-14-7-2-4-10-16(14)18(21)20-17-11-5-8-13-6-1-3-9-15(13)17/h1,3,6,9,14,16-17H,2,4-5,7-8,10-12,19H2,(H,20,21). The molecule has 0 spiro atoms. The zero-order chi connectivity index (χ0) is 14.7. The summed E-state index contributed by atoms with van der Waals surface area (Å²) in [7, 11) is 0. The second kappa shape index (κ2) is 6.61. The van der Waals surface area contributed by atoms with Crippen LogP contribution >= 0.6 is 0 Å². The highest BCUT2D eigenvalue weighted by atomic mass is 16.2. The van der Waals surface area contributed by atoms with Crippen molar-refractivity contribution in [3.8, 4) is 0 Å². The largest absolute Gasteiger partial charge is 0.349 e. The number of amides is 1. The molecule has 0 bridgehead atoms. The molecule has 3 nitrogen and oxygen atoms in total. The summed E-state index contributed by atoms with van der Waals surface area (Å²) in [5, 5.41) is 3.31. The number of aryl methyl sites for hydroxylation is 1. The maximum Gasteiger partial charge on any atom is 0.223 e. The molecule has 0 saturated heterocycles. The lowest BCUT2D eigenvalue weighted by molar-refractivity contribution is -0.128. The summed E-state index contributed by atoms with van der Waals surface area (Å²) in [4.78, 5) is 12.7. The Morgan fingerprint density at radius 3 is 2.81 bits per heavy atom. The van der Waals surface area contributed by atoms with E-state index in [0.717, 1.165) is 38.5 Å². The van der Waals surface area contributed by atoms with E-state index >= 15 is 0 Å². The van der Waals surface area contributed by atoms with Gasteiger partial charge in [-0.15, -0.1) is 0 Å². The van der Waals surface area contributed by atoms with E-state index in [1.165, 1.54) is 17.5 Å². The van der Waals surface area contributed by atoms with E-state index < -0.39 is 0 Å². The Morgan fingerprint density at radius 2 is 1.95 bits per heavy atom. The average molecular weight is 286 g/mol. The van der Waals surface area contributed by atoms with E-state index in [-0.39, 0.29) is 17.9 Å². The number of nitrogens with two attached hydrogens (primary N) is 1. The summed E-state index contributed by atoms with van der Waals surface area (Å²) >= 11 is 0. The van der Waals surface area contributed by atoms with Gasteiger partial charge in [0, 0.05) is 5.92 Å². The maximum atomic E-state index is 12.7. The molecule has 3 unspecified atom stereocenters. The van der Waals surface area contributed by atoms with Gasteiger partial charge < -0.3 is 11.1 Å². The first-order valence-electron chi connectivity index (χ1n) is 8.38. The molecule has 1 fully saturated rings. The molecule has 0 aliphatic heterocycles. The van der Waals surface area contributed by atoms with Gasteiger partial charge in [0.1, 0.15) is 0 Å². The van der Waals surface area contributed by atoms with Crippen LogP contribution in [-0.2, 0) is 11.2 Å². The van der Waals surface area contributed by atoms with Crippen molar-refractivity contribution in [1.82, 2.24) is 5.32 Å². The monoisotopic (exact) mass is 286 g/mol. The van der Waals surface area contributed by atoms with Crippen LogP contribution in [-0.4, -0.2) is 12.5 Å². The fourth-order valence-corrected chi connectivity index (χ4v) is 4.02. The van der Waals surface area contributed by atoms with Gasteiger partial charge >= 0.3 is 0 Å². The van der Waals surface area contributed by atoms with Crippen LogP contribution in [0.25, 0.3) is 0 Å². The van der Waals surface area contributed by atoms with Gasteiger partial charge in [-0.05, 0) is 55.7 Å². The number of benzene rings is 1. The number of hydrogen-bond acceptors (Lipinski definition) is 2. The predicted octanol–water partition coefficient (Wildman–Crippen LogP) is 2.95. The second-order valence-electron chi connectivity index (χ2n) is 6.54. The van der Waals surface area contributed by atoms with Crippen molar-refractivity contribution in [1.29, 1.82) is 0 Å². The van der Waals surface area contributed by atoms with E-state index in [2.05, 4.69) is 29.6 Å². The van der Waals surface area contributed by atoms with E-state index in [4.69, 9.17) is 5.73 Å². The van der Waals surface area contributed by atoms with Crippen LogP contribution in [0.2, 0.25) is 0 Å². The highest BCUT2D eigenvalue weighted by Crippen LogP contribution is 2.33. The highest BCUT2D eigenvalue weighted by Gasteiger charge is 2.32. The van der Waals surface area contributed by atoms with Crippen molar-refractivity contribution in [2.75, 3.05) is 6.54 Å². The molecule has 0 radical (unpaired) electrons. The number of hydrogen-bond donors (Lipinski definition) is 2. The minimum Gasteiger partial charge on any atom is -0.349 e. The molecule has 3 atom stereocenters. The summed E-state index contributed by atoms with van der Waals surface area (Å²) < 4.78 is 0. The van der Waals surface area contributed by atoms with Gasteiger partial charge in [0.15, 0.2) is 0 Å². The Bertz CT molecular complexity index is 500. The molecule has 2 aliphatic carbocycles. The van der Waals surface area contributed by atoms with Crippen LogP contribution in [0.5, 0.6) is 0 Å². The molecule has 3 N–H and O–H groups in total. The van der Waals surface area contributed by atoms with Crippen molar-refractivity contribution in [2.45, 2.75) is 51.0 Å². The van der Waals surface area contributed by atoms with Gasteiger partial charge in [-0.25, -0.2) is 0 Å². The minimum atomic E-state index is 0.123. The second-order valence-corrected chi connectivity index (χ2v) is 6.54. The molecule has 3 rings (SSSR count). The average Bonchev–Trinajstić information content (AvgIpc) is 2.55. The first-order chi connectivity index (χ1) is 10.3. The van der Waals surface area contributed by atoms with E-state index in [1.807, 2.05) is 0 Å². The minimum absolute atomic E-state index is 0.123. The number of rotatable bonds is 3. The summed E-state index contributed by atoms with van der Waals surface area (Å²) in [5.41, 5.74) is 8.57. The fraction of sp³-hybridized carbons (Fsp3) is 0.611. The van der Waals surface area contributed by atoms with Gasteiger partial charge in [-0.1, -0.05) is 37.1 Å². The van der Waals surface area contributed by atoms with Crippen LogP contribution < -0.4 is 11.1 Å². The third kappa shape index (κ3) is 3.13. The fourth-order valence-electron chi connectivity index (χ4n) is 4.02. The summed E-state index contributed by atoms with van der Waals surface area (Å²) in [6, 6.07) is 8.72. The number of carbonyl (C=O) groups excluding carboxylic acids is 1. The normalized spacial score (nSPS) is 28.7. The number of fused-ring (bicyclic) bond motifs is 1. The van der Waals surface area contributed by atoms with Crippen LogP contribution in [0, 0.1) is 11.8 Å². The zero-order valence-corrected chi connectivity index (χ0v) is 12.7. The molecule has 2 aliphatic rings. The molecule has 0 heterocycles. The zero-order valence-electron chi connectivity index (χ0n) is 12.7. The quantitative estimate of drug-likeness (QED) is 0.897. The third-order valence-electron chi connectivity index (χ3n) is 5.23. The SMILES string of the molecule is NCC1CCCCC1C(=O)NC1CCCc2ccccc21. The smallest absolute Gasteiger partial charge is 0.223 e. The molecule has 3 heteroatoms. The number of carbonyl (C=O) groups is 1. The molecular weight excluding hydrogens is 260 g/mol. The summed E-state index contributed by atoms with van der Waals surface area (Å²) in [6.07, 6.45) is 7.85. The lowest BCUT2D eigenvalue weighted by Crippen LogP contribution is -2.41. The van der Waals surface area contributed by atoms with Crippen LogP contribution in [0.3, 0.4) is 0 Å². The predicted molar refractivity (Wildman–Crippen MR) is 84.8 cm³/mol. The molecule has 1 amide bonds. The first-order valence-corrected chi connectivity index (χ1v) is 8.38. The molecule has 1 aromatic carbocycles. The van der Waals surface area contributed by atoms with Gasteiger partial charge in [0.2, 0.25) is 5.91 Å².